The number of ether oxygens (including phenoxy) is 1. The van der Waals surface area contributed by atoms with Crippen molar-refractivity contribution in [1.82, 2.24) is 9.55 Å². The third kappa shape index (κ3) is 4.44. The van der Waals surface area contributed by atoms with E-state index in [9.17, 15) is 9.90 Å². The fourth-order valence-corrected chi connectivity index (χ4v) is 3.41. The molecule has 2 N–H and O–H groups in total. The number of anilines is 1. The molecule has 30 heavy (non-hydrogen) atoms. The number of hydrogen-bond acceptors (Lipinski definition) is 6. The Hall–Kier alpha value is -3.39. The third-order valence-electron chi connectivity index (χ3n) is 4.75. The van der Waals surface area contributed by atoms with Crippen LogP contribution < -0.4 is 15.2 Å². The summed E-state index contributed by atoms with van der Waals surface area (Å²) in [4.78, 5) is 21.6. The second-order valence-corrected chi connectivity index (χ2v) is 6.87. The Balaban J connectivity index is 1.98. The lowest BCUT2D eigenvalue weighted by Gasteiger charge is -2.20. The molecule has 7 nitrogen and oxygen atoms in total. The molecule has 1 aromatic heterocycles. The molecule has 3 aromatic rings. The van der Waals surface area contributed by atoms with E-state index in [0.717, 1.165) is 18.8 Å². The lowest BCUT2D eigenvalue weighted by atomic mass is 10.2. The summed E-state index contributed by atoms with van der Waals surface area (Å²) < 4.78 is 6.67. The van der Waals surface area contributed by atoms with Gasteiger partial charge in [0.15, 0.2) is 4.77 Å². The molecule has 0 radical (unpaired) electrons. The molecule has 0 aliphatic rings. The molecule has 0 amide bonds. The molecule has 0 aliphatic carbocycles. The van der Waals surface area contributed by atoms with E-state index in [0.29, 0.717) is 17.1 Å². The van der Waals surface area contributed by atoms with E-state index >= 15 is 0 Å². The highest BCUT2D eigenvalue weighted by Gasteiger charge is 2.13. The molecule has 2 aromatic carbocycles. The van der Waals surface area contributed by atoms with Crippen LogP contribution in [0.3, 0.4) is 0 Å². The molecule has 0 bridgehead atoms. The first-order valence-corrected chi connectivity index (χ1v) is 10.0. The maximum Gasteiger partial charge on any atom is 0.264 e. The number of benzene rings is 2. The summed E-state index contributed by atoms with van der Waals surface area (Å²) in [6, 6.07) is 14.7. The highest BCUT2D eigenvalue weighted by Crippen LogP contribution is 2.23. The molecule has 0 atom stereocenters. The van der Waals surface area contributed by atoms with Crippen molar-refractivity contribution in [2.75, 3.05) is 25.1 Å². The number of aromatic hydroxyl groups is 1. The van der Waals surface area contributed by atoms with Crippen LogP contribution in [0.5, 0.6) is 11.6 Å². The van der Waals surface area contributed by atoms with E-state index in [1.807, 2.05) is 24.3 Å². The van der Waals surface area contributed by atoms with Gasteiger partial charge in [-0.3, -0.25) is 19.3 Å². The van der Waals surface area contributed by atoms with Gasteiger partial charge in [0.05, 0.1) is 18.5 Å². The van der Waals surface area contributed by atoms with Crippen LogP contribution in [0.4, 0.5) is 11.4 Å². The van der Waals surface area contributed by atoms with Crippen LogP contribution in [0, 0.1) is 4.77 Å². The molecule has 0 saturated carbocycles. The van der Waals surface area contributed by atoms with Crippen LogP contribution in [-0.4, -0.2) is 41.1 Å². The number of nitrogens with zero attached hydrogens (tertiary/aromatic N) is 3. The Kier molecular flexibility index (Phi) is 6.68. The number of rotatable bonds is 7. The zero-order chi connectivity index (χ0) is 21.7. The summed E-state index contributed by atoms with van der Waals surface area (Å²) in [5, 5.41) is 10.8. The van der Waals surface area contributed by atoms with Gasteiger partial charge in [-0.25, -0.2) is 0 Å². The fraction of sp³-hybridized carbons (Fsp3) is 0.227. The summed E-state index contributed by atoms with van der Waals surface area (Å²) in [6.45, 7) is 6.04. The number of aliphatic imine (C=N–C) groups is 1. The zero-order valence-corrected chi connectivity index (χ0v) is 17.9. The highest BCUT2D eigenvalue weighted by atomic mass is 32.1. The van der Waals surface area contributed by atoms with E-state index < -0.39 is 5.56 Å². The monoisotopic (exact) mass is 424 g/mol. The molecule has 1 heterocycles. The van der Waals surface area contributed by atoms with Gasteiger partial charge in [0.2, 0.25) is 5.88 Å². The van der Waals surface area contributed by atoms with Gasteiger partial charge in [-0.2, -0.15) is 0 Å². The molecule has 0 spiro atoms. The average Bonchev–Trinajstić information content (AvgIpc) is 2.75. The first kappa shape index (κ1) is 21.3. The quantitative estimate of drug-likeness (QED) is 0.439. The van der Waals surface area contributed by atoms with Gasteiger partial charge in [0.1, 0.15) is 11.3 Å². The maximum atomic E-state index is 12.4. The first-order chi connectivity index (χ1) is 14.5. The molecule has 0 unspecified atom stereocenters. The van der Waals surface area contributed by atoms with E-state index in [4.69, 9.17) is 17.0 Å². The minimum Gasteiger partial charge on any atom is -0.497 e. The minimum absolute atomic E-state index is 0.0132. The van der Waals surface area contributed by atoms with Crippen molar-refractivity contribution in [3.05, 3.63) is 69.2 Å². The fourth-order valence-electron chi connectivity index (χ4n) is 3.12. The Bertz CT molecular complexity index is 1160. The Morgan fingerprint density at radius 3 is 2.53 bits per heavy atom. The van der Waals surface area contributed by atoms with Gasteiger partial charge in [0, 0.05) is 31.1 Å². The summed E-state index contributed by atoms with van der Waals surface area (Å²) in [7, 11) is 1.55. The van der Waals surface area contributed by atoms with Crippen molar-refractivity contribution < 1.29 is 9.84 Å². The van der Waals surface area contributed by atoms with E-state index in [1.165, 1.54) is 10.8 Å². The lowest BCUT2D eigenvalue weighted by Crippen LogP contribution is -2.21. The number of methoxy groups -OCH3 is 1. The molecule has 0 saturated heterocycles. The average molecular weight is 425 g/mol. The minimum atomic E-state index is -0.514. The van der Waals surface area contributed by atoms with Crippen LogP contribution in [0.25, 0.3) is 5.69 Å². The van der Waals surface area contributed by atoms with Crippen LogP contribution in [-0.2, 0) is 0 Å². The third-order valence-corrected chi connectivity index (χ3v) is 5.04. The van der Waals surface area contributed by atoms with Crippen LogP contribution in [0.15, 0.2) is 58.3 Å². The second-order valence-electron chi connectivity index (χ2n) is 6.48. The molecular formula is C22H24N4O3S. The predicted octanol–water partition coefficient (Wildman–Crippen LogP) is 4.21. The van der Waals surface area contributed by atoms with Crippen molar-refractivity contribution in [2.24, 2.45) is 4.99 Å². The summed E-state index contributed by atoms with van der Waals surface area (Å²) in [5.74, 6) is 0.309. The molecule has 0 aliphatic heterocycles. The maximum absolute atomic E-state index is 12.4. The number of aromatic nitrogens is 2. The zero-order valence-electron chi connectivity index (χ0n) is 17.1. The number of hydrogen-bond donors (Lipinski definition) is 2. The van der Waals surface area contributed by atoms with Gasteiger partial charge in [0.25, 0.3) is 5.56 Å². The summed E-state index contributed by atoms with van der Waals surface area (Å²) in [6.07, 6.45) is 1.34. The summed E-state index contributed by atoms with van der Waals surface area (Å²) in [5.41, 5.74) is 1.83. The first-order valence-electron chi connectivity index (χ1n) is 9.60. The van der Waals surface area contributed by atoms with E-state index in [-0.39, 0.29) is 16.2 Å². The molecule has 0 fully saturated rings. The van der Waals surface area contributed by atoms with Crippen molar-refractivity contribution in [2.45, 2.75) is 13.8 Å². The van der Waals surface area contributed by atoms with Gasteiger partial charge in [-0.1, -0.05) is 6.07 Å². The highest BCUT2D eigenvalue weighted by molar-refractivity contribution is 7.71. The standard InChI is InChI=1S/C22H24N4O3S/c1-4-25(5-2)16-11-9-15(10-12-16)23-14-19-20(27)24-22(30)26(21(19)28)17-7-6-8-18(13-17)29-3/h6-14,28H,4-5H2,1-3H3,(H,24,27,30). The molecule has 8 heteroatoms. The SMILES string of the molecule is CCN(CC)c1ccc(N=Cc2c(O)n(-c3cccc(OC)c3)c(=S)[nH]c2=O)cc1. The largest absolute Gasteiger partial charge is 0.497 e. The van der Waals surface area contributed by atoms with Gasteiger partial charge < -0.3 is 14.7 Å². The normalized spacial score (nSPS) is 11.0. The second kappa shape index (κ2) is 9.41. The van der Waals surface area contributed by atoms with Gasteiger partial charge >= 0.3 is 0 Å². The van der Waals surface area contributed by atoms with Crippen molar-refractivity contribution >= 4 is 29.8 Å². The van der Waals surface area contributed by atoms with E-state index in [2.05, 4.69) is 28.7 Å². The lowest BCUT2D eigenvalue weighted by molar-refractivity contribution is 0.413. The Morgan fingerprint density at radius 2 is 1.90 bits per heavy atom. The Labute approximate surface area is 179 Å². The van der Waals surface area contributed by atoms with E-state index in [1.54, 1.807) is 31.4 Å². The predicted molar refractivity (Wildman–Crippen MR) is 123 cm³/mol. The molecule has 156 valence electrons. The van der Waals surface area contributed by atoms with Crippen LogP contribution in [0.2, 0.25) is 0 Å². The van der Waals surface area contributed by atoms with Crippen LogP contribution in [0.1, 0.15) is 19.4 Å². The van der Waals surface area contributed by atoms with Gasteiger partial charge in [-0.15, -0.1) is 0 Å². The van der Waals surface area contributed by atoms with Gasteiger partial charge in [-0.05, 0) is 62.5 Å². The Morgan fingerprint density at radius 1 is 1.20 bits per heavy atom. The topological polar surface area (TPSA) is 82.8 Å². The van der Waals surface area contributed by atoms with Crippen LogP contribution >= 0.6 is 12.2 Å². The number of H-pyrrole nitrogens is 1. The van der Waals surface area contributed by atoms with Crippen molar-refractivity contribution in [3.8, 4) is 17.3 Å². The molecule has 3 rings (SSSR count). The number of aromatic amines is 1. The smallest absolute Gasteiger partial charge is 0.264 e. The van der Waals surface area contributed by atoms with Crippen molar-refractivity contribution in [3.63, 3.8) is 0 Å². The molecular weight excluding hydrogens is 400 g/mol. The summed E-state index contributed by atoms with van der Waals surface area (Å²) >= 11 is 5.24. The van der Waals surface area contributed by atoms with Crippen molar-refractivity contribution in [1.29, 1.82) is 0 Å². The number of nitrogens with one attached hydrogen (secondary N) is 1.